The number of anilines is 1. The minimum absolute atomic E-state index is 0.315. The Labute approximate surface area is 287 Å². The number of sulfone groups is 1. The highest BCUT2D eigenvalue weighted by Crippen LogP contribution is 2.46. The molecule has 4 aromatic carbocycles. The quantitative estimate of drug-likeness (QED) is 0.0677. The zero-order valence-electron chi connectivity index (χ0n) is 24.6. The second-order valence-corrected chi connectivity index (χ2v) is 17.2. The van der Waals surface area contributed by atoms with Crippen molar-refractivity contribution in [2.75, 3.05) is 18.1 Å². The number of halogens is 1. The summed E-state index contributed by atoms with van der Waals surface area (Å²) in [6.07, 6.45) is 0. The van der Waals surface area contributed by atoms with Gasteiger partial charge in [-0.1, -0.05) is 0 Å². The molecule has 21 nitrogen and oxygen atoms in total. The molecule has 0 aliphatic heterocycles. The molecule has 0 aromatic heterocycles. The minimum atomic E-state index is -5.35. The summed E-state index contributed by atoms with van der Waals surface area (Å²) in [5.41, 5.74) is 2.56. The number of hydrogen-bond acceptors (Lipinski definition) is 17. The van der Waals surface area contributed by atoms with E-state index in [9.17, 15) is 65.2 Å². The Kier molecular flexibility index (Phi) is 10.7. The van der Waals surface area contributed by atoms with E-state index in [1.54, 1.807) is 0 Å². The normalized spacial score (nSPS) is 13.4. The van der Waals surface area contributed by atoms with E-state index < -0.39 is 122 Å². The van der Waals surface area contributed by atoms with Crippen LogP contribution in [0.3, 0.4) is 0 Å². The molecule has 0 aliphatic carbocycles. The van der Waals surface area contributed by atoms with Crippen molar-refractivity contribution in [1.82, 2.24) is 0 Å². The Bertz CT molecular complexity index is 2720. The summed E-state index contributed by atoms with van der Waals surface area (Å²) in [7, 11) is -25.1. The maximum atomic E-state index is 13.8. The van der Waals surface area contributed by atoms with Gasteiger partial charge in [-0.25, -0.2) is 17.0 Å². The molecule has 4 rings (SSSR count). The Hall–Kier alpha value is -4.58. The molecule has 0 fully saturated rings. The molecule has 0 saturated heterocycles. The van der Waals surface area contributed by atoms with Crippen LogP contribution in [0.15, 0.2) is 94.6 Å². The van der Waals surface area contributed by atoms with Gasteiger partial charge >= 0.3 is 10.4 Å². The highest BCUT2D eigenvalue weighted by atomic mass is 32.3. The molecule has 7 N–H and O–H groups in total. The number of nitrogens with zero attached hydrogens (tertiary/aromatic N) is 4. The van der Waals surface area contributed by atoms with Crippen molar-refractivity contribution in [3.63, 3.8) is 0 Å². The lowest BCUT2D eigenvalue weighted by Crippen LogP contribution is -2.16. The first kappa shape index (κ1) is 39.2. The summed E-state index contributed by atoms with van der Waals surface area (Å²) >= 11 is 0. The predicted octanol–water partition coefficient (Wildman–Crippen LogP) is 3.43. The lowest BCUT2D eigenvalue weighted by Gasteiger charge is -2.12. The second kappa shape index (κ2) is 13.9. The Morgan fingerprint density at radius 2 is 1.22 bits per heavy atom. The summed E-state index contributed by atoms with van der Waals surface area (Å²) in [5.74, 6) is -3.19. The van der Waals surface area contributed by atoms with Crippen molar-refractivity contribution in [3.05, 3.63) is 60.4 Å². The molecule has 0 amide bonds. The van der Waals surface area contributed by atoms with E-state index in [4.69, 9.17) is 10.3 Å². The summed E-state index contributed by atoms with van der Waals surface area (Å²) in [5, 5.41) is 24.6. The van der Waals surface area contributed by atoms with Gasteiger partial charge in [0, 0.05) is 16.8 Å². The van der Waals surface area contributed by atoms with Gasteiger partial charge in [0.25, 0.3) is 30.4 Å². The number of phenolic OH excluding ortho intramolecular Hbond substituents is 1. The van der Waals surface area contributed by atoms with Crippen LogP contribution in [-0.4, -0.2) is 77.8 Å². The first-order valence-electron chi connectivity index (χ1n) is 12.9. The standard InChI is InChI=1S/C24H20FN5O16S5/c25-12-1-6-19(48(34,35)36)18(9-12)28-30-23-21(50(40,41)42)11-15-14(24(23)31)3-4-16(26)22(15)29-27-17-5-2-13(10-20(17)49(37,38)39)47(32,33)8-7-46-51(43,44)45/h1-6,9-11,31H,7-8,26H2,(H,34,35,36)(H,37,38,39)(H,40,41,42)(H,43,44,45). The number of azo groups is 2. The molecule has 0 atom stereocenters. The van der Waals surface area contributed by atoms with Gasteiger partial charge in [-0.15, -0.1) is 20.5 Å². The molecule has 0 aliphatic rings. The monoisotopic (exact) mass is 813 g/mol. The van der Waals surface area contributed by atoms with Crippen molar-refractivity contribution in [2.24, 2.45) is 20.5 Å². The van der Waals surface area contributed by atoms with Crippen LogP contribution in [0.2, 0.25) is 0 Å². The molecular formula is C24H20FN5O16S5. The molecule has 27 heteroatoms. The van der Waals surface area contributed by atoms with E-state index in [1.807, 2.05) is 0 Å². The van der Waals surface area contributed by atoms with Crippen LogP contribution in [0, 0.1) is 5.82 Å². The Balaban J connectivity index is 1.88. The Morgan fingerprint density at radius 3 is 1.80 bits per heavy atom. The zero-order valence-corrected chi connectivity index (χ0v) is 28.7. The lowest BCUT2D eigenvalue weighted by atomic mass is 10.1. The average molecular weight is 814 g/mol. The highest BCUT2D eigenvalue weighted by molar-refractivity contribution is 7.91. The van der Waals surface area contributed by atoms with E-state index in [0.717, 1.165) is 24.3 Å². The fourth-order valence-electron chi connectivity index (χ4n) is 4.16. The molecule has 0 heterocycles. The number of fused-ring (bicyclic) bond motifs is 1. The lowest BCUT2D eigenvalue weighted by molar-refractivity contribution is 0.284. The van der Waals surface area contributed by atoms with Crippen LogP contribution in [-0.2, 0) is 54.8 Å². The zero-order chi connectivity index (χ0) is 38.3. The molecular weight excluding hydrogens is 794 g/mol. The number of phenols is 1. The summed E-state index contributed by atoms with van der Waals surface area (Å²) in [4.78, 5) is -4.08. The van der Waals surface area contributed by atoms with Crippen LogP contribution < -0.4 is 5.73 Å². The highest BCUT2D eigenvalue weighted by Gasteiger charge is 2.26. The summed E-state index contributed by atoms with van der Waals surface area (Å²) < 4.78 is 175. The first-order chi connectivity index (χ1) is 23.3. The molecule has 0 saturated carbocycles. The van der Waals surface area contributed by atoms with Gasteiger partial charge in [-0.05, 0) is 48.5 Å². The molecule has 0 radical (unpaired) electrons. The SMILES string of the molecule is Nc1ccc2c(O)c(N=Nc3cc(F)ccc3S(=O)(=O)O)c(S(=O)(=O)O)cc2c1N=Nc1ccc(S(=O)(=O)CCOS(=O)(=O)O)cc1S(=O)(=O)O. The maximum absolute atomic E-state index is 13.8. The van der Waals surface area contributed by atoms with E-state index in [2.05, 4.69) is 24.6 Å². The second-order valence-electron chi connectivity index (χ2n) is 9.81. The van der Waals surface area contributed by atoms with Gasteiger partial charge in [0.2, 0.25) is 0 Å². The van der Waals surface area contributed by atoms with Gasteiger partial charge in [0.15, 0.2) is 15.6 Å². The van der Waals surface area contributed by atoms with Crippen molar-refractivity contribution in [1.29, 1.82) is 0 Å². The van der Waals surface area contributed by atoms with Gasteiger partial charge in [0.1, 0.15) is 43.3 Å². The number of nitrogen functional groups attached to an aromatic ring is 1. The van der Waals surface area contributed by atoms with E-state index in [1.165, 1.54) is 0 Å². The third kappa shape index (κ3) is 9.21. The van der Waals surface area contributed by atoms with Crippen LogP contribution in [0.5, 0.6) is 5.75 Å². The number of benzene rings is 4. The van der Waals surface area contributed by atoms with Gasteiger partial charge in [-0.3, -0.25) is 18.2 Å². The molecule has 51 heavy (non-hydrogen) atoms. The number of nitrogens with two attached hydrogens (primary N) is 1. The van der Waals surface area contributed by atoms with Crippen LogP contribution in [0.4, 0.5) is 32.8 Å². The Morgan fingerprint density at radius 1 is 0.627 bits per heavy atom. The van der Waals surface area contributed by atoms with Crippen molar-refractivity contribution in [2.45, 2.75) is 19.6 Å². The summed E-state index contributed by atoms with van der Waals surface area (Å²) in [6.45, 7) is -1.07. The molecule has 4 aromatic rings. The van der Waals surface area contributed by atoms with Crippen molar-refractivity contribution in [3.8, 4) is 5.75 Å². The third-order valence-electron chi connectivity index (χ3n) is 6.38. The first-order valence-corrected chi connectivity index (χ1v) is 20.3. The smallest absolute Gasteiger partial charge is 0.397 e. The van der Waals surface area contributed by atoms with Crippen LogP contribution in [0.25, 0.3) is 10.8 Å². The fourth-order valence-corrected chi connectivity index (χ4v) is 7.65. The van der Waals surface area contributed by atoms with E-state index in [-0.39, 0.29) is 11.1 Å². The van der Waals surface area contributed by atoms with E-state index in [0.29, 0.717) is 30.3 Å². The van der Waals surface area contributed by atoms with Crippen molar-refractivity contribution >= 4 is 89.8 Å². The minimum Gasteiger partial charge on any atom is -0.505 e. The van der Waals surface area contributed by atoms with Gasteiger partial charge < -0.3 is 10.8 Å². The van der Waals surface area contributed by atoms with Crippen LogP contribution in [0.1, 0.15) is 0 Å². The molecule has 0 spiro atoms. The van der Waals surface area contributed by atoms with E-state index >= 15 is 0 Å². The fraction of sp³-hybridized carbons (Fsp3) is 0.0833. The van der Waals surface area contributed by atoms with Gasteiger partial charge in [-0.2, -0.15) is 33.7 Å². The summed E-state index contributed by atoms with van der Waals surface area (Å²) in [6, 6.07) is 6.55. The number of hydrogen-bond donors (Lipinski definition) is 6. The third-order valence-corrected chi connectivity index (χ3v) is 11.2. The largest absolute Gasteiger partial charge is 0.505 e. The number of aromatic hydroxyl groups is 1. The molecule has 274 valence electrons. The maximum Gasteiger partial charge on any atom is 0.397 e. The number of rotatable bonds is 12. The topological polar surface area (TPSA) is 357 Å². The molecule has 0 bridgehead atoms. The van der Waals surface area contributed by atoms with Gasteiger partial charge in [0.05, 0.1) is 22.9 Å². The van der Waals surface area contributed by atoms with Crippen molar-refractivity contribution < 1.29 is 74.0 Å². The predicted molar refractivity (Wildman–Crippen MR) is 170 cm³/mol. The average Bonchev–Trinajstić information content (AvgIpc) is 2.97. The molecule has 0 unspecified atom stereocenters. The van der Waals surface area contributed by atoms with Crippen LogP contribution >= 0.6 is 0 Å².